The standard InChI is InChI=1S/C19H35NO6/c1-7-14(9-12(3)4)10-15(17(22)23)11-20-19(24)26-18(13(5)6)25-16(21)8-2/h12-15,18H,7-11H2,1-6H3,(H,20,24)(H,22,23)/t14-,15-,18+/m0/s1. The van der Waals surface area contributed by atoms with Gasteiger partial charge in [-0.3, -0.25) is 9.59 Å². The molecule has 0 radical (unpaired) electrons. The first-order chi connectivity index (χ1) is 12.1. The molecule has 0 fully saturated rings. The number of carboxylic acids is 1. The smallest absolute Gasteiger partial charge is 0.410 e. The Morgan fingerprint density at radius 2 is 1.62 bits per heavy atom. The molecule has 3 atom stereocenters. The second-order valence-electron chi connectivity index (χ2n) is 7.42. The molecule has 0 aliphatic rings. The molecule has 0 aliphatic carbocycles. The summed E-state index contributed by atoms with van der Waals surface area (Å²) < 4.78 is 10.2. The van der Waals surface area contributed by atoms with Crippen molar-refractivity contribution in [3.8, 4) is 0 Å². The minimum atomic E-state index is -0.991. The highest BCUT2D eigenvalue weighted by atomic mass is 16.7. The minimum Gasteiger partial charge on any atom is -0.481 e. The van der Waals surface area contributed by atoms with Crippen LogP contribution in [-0.4, -0.2) is 36.0 Å². The summed E-state index contributed by atoms with van der Waals surface area (Å²) in [5.74, 6) is -1.50. The van der Waals surface area contributed by atoms with Crippen LogP contribution in [0.25, 0.3) is 0 Å². The van der Waals surface area contributed by atoms with Gasteiger partial charge in [0.2, 0.25) is 0 Å². The second-order valence-corrected chi connectivity index (χ2v) is 7.42. The van der Waals surface area contributed by atoms with Crippen LogP contribution in [-0.2, 0) is 19.1 Å². The second kappa shape index (κ2) is 12.5. The topological polar surface area (TPSA) is 102 Å². The number of carbonyl (C=O) groups is 3. The van der Waals surface area contributed by atoms with Gasteiger partial charge in [0.15, 0.2) is 0 Å². The lowest BCUT2D eigenvalue weighted by Gasteiger charge is -2.23. The van der Waals surface area contributed by atoms with Crippen molar-refractivity contribution >= 4 is 18.0 Å². The van der Waals surface area contributed by atoms with Gasteiger partial charge in [0, 0.05) is 18.9 Å². The summed E-state index contributed by atoms with van der Waals surface area (Å²) in [6, 6.07) is 0. The number of nitrogens with one attached hydrogen (secondary N) is 1. The van der Waals surface area contributed by atoms with Crippen molar-refractivity contribution in [3.63, 3.8) is 0 Å². The summed E-state index contributed by atoms with van der Waals surface area (Å²) in [6.45, 7) is 11.4. The lowest BCUT2D eigenvalue weighted by molar-refractivity contribution is -0.174. The zero-order chi connectivity index (χ0) is 20.3. The van der Waals surface area contributed by atoms with E-state index in [9.17, 15) is 19.5 Å². The molecule has 7 nitrogen and oxygen atoms in total. The van der Waals surface area contributed by atoms with E-state index in [4.69, 9.17) is 9.47 Å². The maximum Gasteiger partial charge on any atom is 0.410 e. The SMILES string of the molecule is CCC(=O)O[C@H](OC(=O)NC[C@H](C[C@@H](CC)CC(C)C)C(=O)O)C(C)C. The summed E-state index contributed by atoms with van der Waals surface area (Å²) in [4.78, 5) is 34.9. The van der Waals surface area contributed by atoms with Crippen LogP contribution >= 0.6 is 0 Å². The maximum absolute atomic E-state index is 12.0. The third kappa shape index (κ3) is 10.3. The molecular formula is C19H35NO6. The number of aliphatic carboxylic acids is 1. The van der Waals surface area contributed by atoms with E-state index >= 15 is 0 Å². The van der Waals surface area contributed by atoms with Crippen molar-refractivity contribution in [1.82, 2.24) is 5.32 Å². The molecule has 0 rings (SSSR count). The highest BCUT2D eigenvalue weighted by molar-refractivity contribution is 5.73. The molecular weight excluding hydrogens is 338 g/mol. The van der Waals surface area contributed by atoms with Gasteiger partial charge in [0.1, 0.15) is 0 Å². The minimum absolute atomic E-state index is 0.0186. The molecule has 0 aromatic heterocycles. The van der Waals surface area contributed by atoms with Gasteiger partial charge in [0.05, 0.1) is 5.92 Å². The number of esters is 1. The van der Waals surface area contributed by atoms with Crippen LogP contribution in [0.3, 0.4) is 0 Å². The van der Waals surface area contributed by atoms with Crippen molar-refractivity contribution in [2.45, 2.75) is 73.5 Å². The molecule has 0 unspecified atom stereocenters. The average Bonchev–Trinajstić information content (AvgIpc) is 2.55. The third-order valence-corrected chi connectivity index (χ3v) is 4.15. The summed E-state index contributed by atoms with van der Waals surface area (Å²) >= 11 is 0. The van der Waals surface area contributed by atoms with Crippen molar-refractivity contribution in [3.05, 3.63) is 0 Å². The van der Waals surface area contributed by atoms with Crippen molar-refractivity contribution in [2.24, 2.45) is 23.7 Å². The molecule has 0 bridgehead atoms. The van der Waals surface area contributed by atoms with E-state index in [1.807, 2.05) is 6.92 Å². The molecule has 0 aromatic rings. The Hall–Kier alpha value is -1.79. The first-order valence-corrected chi connectivity index (χ1v) is 9.47. The molecule has 0 aliphatic heterocycles. The molecule has 0 aromatic carbocycles. The van der Waals surface area contributed by atoms with Gasteiger partial charge in [0.25, 0.3) is 6.29 Å². The predicted octanol–water partition coefficient (Wildman–Crippen LogP) is 3.81. The van der Waals surface area contributed by atoms with Gasteiger partial charge >= 0.3 is 18.0 Å². The summed E-state index contributed by atoms with van der Waals surface area (Å²) in [5, 5.41) is 11.9. The fourth-order valence-electron chi connectivity index (χ4n) is 2.63. The van der Waals surface area contributed by atoms with E-state index in [1.165, 1.54) is 0 Å². The largest absolute Gasteiger partial charge is 0.481 e. The molecule has 0 saturated heterocycles. The van der Waals surface area contributed by atoms with Gasteiger partial charge in [-0.05, 0) is 24.7 Å². The number of ether oxygens (including phenoxy) is 2. The van der Waals surface area contributed by atoms with Crippen LogP contribution in [0.5, 0.6) is 0 Å². The molecule has 26 heavy (non-hydrogen) atoms. The zero-order valence-electron chi connectivity index (χ0n) is 16.9. The summed E-state index contributed by atoms with van der Waals surface area (Å²) in [6.07, 6.45) is 0.764. The highest BCUT2D eigenvalue weighted by Gasteiger charge is 2.25. The van der Waals surface area contributed by atoms with E-state index in [0.717, 1.165) is 12.8 Å². The number of carboxylic acid groups (broad SMARTS) is 1. The number of hydrogen-bond donors (Lipinski definition) is 2. The first-order valence-electron chi connectivity index (χ1n) is 9.47. The number of alkyl carbamates (subject to hydrolysis) is 1. The van der Waals surface area contributed by atoms with E-state index in [2.05, 4.69) is 19.2 Å². The van der Waals surface area contributed by atoms with Crippen LogP contribution in [0.15, 0.2) is 0 Å². The first kappa shape index (κ1) is 24.2. The Kier molecular flexibility index (Phi) is 11.7. The van der Waals surface area contributed by atoms with Crippen LogP contribution < -0.4 is 5.32 Å². The van der Waals surface area contributed by atoms with Crippen molar-refractivity contribution in [1.29, 1.82) is 0 Å². The predicted molar refractivity (Wildman–Crippen MR) is 98.5 cm³/mol. The number of amides is 1. The Morgan fingerprint density at radius 1 is 1.00 bits per heavy atom. The van der Waals surface area contributed by atoms with Gasteiger partial charge < -0.3 is 19.9 Å². The lowest BCUT2D eigenvalue weighted by atomic mass is 9.86. The van der Waals surface area contributed by atoms with Crippen LogP contribution in [0, 0.1) is 23.7 Å². The Morgan fingerprint density at radius 3 is 2.04 bits per heavy atom. The monoisotopic (exact) mass is 373 g/mol. The molecule has 152 valence electrons. The normalized spacial score (nSPS) is 14.6. The molecule has 0 heterocycles. The van der Waals surface area contributed by atoms with Crippen molar-refractivity contribution < 1.29 is 29.0 Å². The van der Waals surface area contributed by atoms with E-state index < -0.39 is 30.2 Å². The fourth-order valence-corrected chi connectivity index (χ4v) is 2.63. The number of rotatable bonds is 12. The van der Waals surface area contributed by atoms with Gasteiger partial charge in [-0.15, -0.1) is 0 Å². The third-order valence-electron chi connectivity index (χ3n) is 4.15. The molecule has 1 amide bonds. The summed E-state index contributed by atoms with van der Waals surface area (Å²) in [5.41, 5.74) is 0. The van der Waals surface area contributed by atoms with Crippen LogP contribution in [0.1, 0.15) is 67.2 Å². The Bertz CT molecular complexity index is 449. The molecule has 0 saturated carbocycles. The van der Waals surface area contributed by atoms with Gasteiger partial charge in [-0.25, -0.2) is 4.79 Å². The Balaban J connectivity index is 4.64. The van der Waals surface area contributed by atoms with Crippen LogP contribution in [0.4, 0.5) is 4.79 Å². The average molecular weight is 373 g/mol. The maximum atomic E-state index is 12.0. The molecule has 0 spiro atoms. The van der Waals surface area contributed by atoms with Gasteiger partial charge in [-0.2, -0.15) is 0 Å². The van der Waals surface area contributed by atoms with E-state index in [-0.39, 0.29) is 18.9 Å². The molecule has 2 N–H and O–H groups in total. The molecule has 7 heteroatoms. The number of carbonyl (C=O) groups excluding carboxylic acids is 2. The van der Waals surface area contributed by atoms with Crippen molar-refractivity contribution in [2.75, 3.05) is 6.54 Å². The highest BCUT2D eigenvalue weighted by Crippen LogP contribution is 2.23. The van der Waals surface area contributed by atoms with E-state index in [1.54, 1.807) is 20.8 Å². The zero-order valence-corrected chi connectivity index (χ0v) is 16.9. The summed E-state index contributed by atoms with van der Waals surface area (Å²) in [7, 11) is 0. The lowest BCUT2D eigenvalue weighted by Crippen LogP contribution is -2.38. The van der Waals surface area contributed by atoms with Gasteiger partial charge in [-0.1, -0.05) is 48.0 Å². The Labute approximate surface area is 156 Å². The number of hydrogen-bond acceptors (Lipinski definition) is 5. The van der Waals surface area contributed by atoms with E-state index in [0.29, 0.717) is 18.3 Å². The fraction of sp³-hybridized carbons (Fsp3) is 0.842. The quantitative estimate of drug-likeness (QED) is 0.398. The van der Waals surface area contributed by atoms with Crippen LogP contribution in [0.2, 0.25) is 0 Å².